The zero-order valence-corrected chi connectivity index (χ0v) is 11.0. The maximum atomic E-state index is 11.6. The summed E-state index contributed by atoms with van der Waals surface area (Å²) in [7, 11) is 1.53. The van der Waals surface area contributed by atoms with E-state index in [9.17, 15) is 4.79 Å². The Balaban J connectivity index is 2.37. The van der Waals surface area contributed by atoms with Crippen molar-refractivity contribution < 1.29 is 4.74 Å². The molecule has 0 radical (unpaired) electrons. The molecule has 1 aromatic carbocycles. The van der Waals surface area contributed by atoms with Crippen molar-refractivity contribution in [1.29, 1.82) is 5.26 Å². The fourth-order valence-electron chi connectivity index (χ4n) is 1.72. The molecule has 0 atom stereocenters. The predicted molar refractivity (Wildman–Crippen MR) is 70.1 cm³/mol. The standard InChI is InChI=1S/C13H12N2O2S/c1-9-8-18-13(16)15(9)7-10-3-4-12(17-2)11(5-10)6-14/h3-5,8H,7H2,1-2H3. The minimum absolute atomic E-state index is 0.0156. The van der Waals surface area contributed by atoms with Crippen molar-refractivity contribution in [3.8, 4) is 11.8 Å². The molecule has 4 nitrogen and oxygen atoms in total. The van der Waals surface area contributed by atoms with Crippen LogP contribution in [0.1, 0.15) is 16.8 Å². The van der Waals surface area contributed by atoms with Crippen LogP contribution in [0.25, 0.3) is 0 Å². The van der Waals surface area contributed by atoms with Crippen molar-refractivity contribution in [2.45, 2.75) is 13.5 Å². The van der Waals surface area contributed by atoms with Gasteiger partial charge in [-0.1, -0.05) is 17.4 Å². The van der Waals surface area contributed by atoms with Crippen LogP contribution in [-0.4, -0.2) is 11.7 Å². The number of aromatic nitrogens is 1. The molecule has 0 N–H and O–H groups in total. The summed E-state index contributed by atoms with van der Waals surface area (Å²) in [4.78, 5) is 11.6. The summed E-state index contributed by atoms with van der Waals surface area (Å²) in [6, 6.07) is 7.45. The molecule has 18 heavy (non-hydrogen) atoms. The highest BCUT2D eigenvalue weighted by Gasteiger charge is 2.07. The fourth-order valence-corrected chi connectivity index (χ4v) is 2.45. The summed E-state index contributed by atoms with van der Waals surface area (Å²) in [5.74, 6) is 0.552. The highest BCUT2D eigenvalue weighted by Crippen LogP contribution is 2.19. The van der Waals surface area contributed by atoms with Gasteiger partial charge in [-0.25, -0.2) is 0 Å². The van der Waals surface area contributed by atoms with Crippen LogP contribution in [0, 0.1) is 18.3 Å². The van der Waals surface area contributed by atoms with Gasteiger partial charge in [-0.15, -0.1) is 0 Å². The molecule has 1 aromatic heterocycles. The Morgan fingerprint density at radius 3 is 2.83 bits per heavy atom. The molecule has 0 unspecified atom stereocenters. The van der Waals surface area contributed by atoms with Crippen LogP contribution < -0.4 is 9.61 Å². The van der Waals surface area contributed by atoms with Crippen LogP contribution in [-0.2, 0) is 6.54 Å². The molecule has 2 rings (SSSR count). The third-order valence-corrected chi connectivity index (χ3v) is 3.58. The maximum Gasteiger partial charge on any atom is 0.307 e. The van der Waals surface area contributed by atoms with Crippen molar-refractivity contribution in [3.63, 3.8) is 0 Å². The highest BCUT2D eigenvalue weighted by atomic mass is 32.1. The predicted octanol–water partition coefficient (Wildman–Crippen LogP) is 2.15. The van der Waals surface area contributed by atoms with Crippen molar-refractivity contribution >= 4 is 11.3 Å². The molecule has 2 aromatic rings. The Kier molecular flexibility index (Phi) is 3.49. The Morgan fingerprint density at radius 2 is 2.28 bits per heavy atom. The fraction of sp³-hybridized carbons (Fsp3) is 0.231. The monoisotopic (exact) mass is 260 g/mol. The van der Waals surface area contributed by atoms with Crippen molar-refractivity contribution in [2.75, 3.05) is 7.11 Å². The number of rotatable bonds is 3. The molecular formula is C13H12N2O2S. The van der Waals surface area contributed by atoms with Gasteiger partial charge in [0.05, 0.1) is 19.2 Å². The third kappa shape index (κ3) is 2.29. The van der Waals surface area contributed by atoms with Gasteiger partial charge in [0.15, 0.2) is 0 Å². The van der Waals surface area contributed by atoms with Crippen LogP contribution in [0.2, 0.25) is 0 Å². The van der Waals surface area contributed by atoms with E-state index in [1.807, 2.05) is 18.4 Å². The molecule has 92 valence electrons. The molecule has 0 saturated carbocycles. The van der Waals surface area contributed by atoms with Crippen molar-refractivity contribution in [2.24, 2.45) is 0 Å². The summed E-state index contributed by atoms with van der Waals surface area (Å²) < 4.78 is 6.77. The van der Waals surface area contributed by atoms with Crippen LogP contribution in [0.15, 0.2) is 28.4 Å². The van der Waals surface area contributed by atoms with Gasteiger partial charge in [-0.3, -0.25) is 9.36 Å². The minimum atomic E-state index is 0.0156. The SMILES string of the molecule is COc1ccc(Cn2c(C)csc2=O)cc1C#N. The van der Waals surface area contributed by atoms with E-state index in [0.717, 1.165) is 11.3 Å². The quantitative estimate of drug-likeness (QED) is 0.849. The zero-order chi connectivity index (χ0) is 13.1. The lowest BCUT2D eigenvalue weighted by atomic mass is 10.1. The molecule has 0 aliphatic rings. The lowest BCUT2D eigenvalue weighted by Crippen LogP contribution is -2.15. The number of nitrogens with zero attached hydrogens (tertiary/aromatic N) is 2. The summed E-state index contributed by atoms with van der Waals surface area (Å²) in [5.41, 5.74) is 2.33. The van der Waals surface area contributed by atoms with Gasteiger partial charge in [-0.2, -0.15) is 5.26 Å². The molecule has 0 amide bonds. The van der Waals surface area contributed by atoms with E-state index in [0.29, 0.717) is 17.9 Å². The number of methoxy groups -OCH3 is 1. The first-order valence-corrected chi connectivity index (χ1v) is 6.25. The van der Waals surface area contributed by atoms with Gasteiger partial charge in [-0.05, 0) is 24.6 Å². The first-order valence-electron chi connectivity index (χ1n) is 5.37. The third-order valence-electron chi connectivity index (χ3n) is 2.70. The number of aryl methyl sites for hydroxylation is 1. The van der Waals surface area contributed by atoms with Gasteiger partial charge >= 0.3 is 4.87 Å². The first-order chi connectivity index (χ1) is 8.65. The molecular weight excluding hydrogens is 248 g/mol. The Bertz CT molecular complexity index is 664. The van der Waals surface area contributed by atoms with E-state index in [-0.39, 0.29) is 4.87 Å². The average molecular weight is 260 g/mol. The van der Waals surface area contributed by atoms with Crippen LogP contribution in [0.3, 0.4) is 0 Å². The first kappa shape index (κ1) is 12.4. The second-order valence-corrected chi connectivity index (χ2v) is 4.70. The number of ether oxygens (including phenoxy) is 1. The summed E-state index contributed by atoms with van der Waals surface area (Å²) >= 11 is 1.19. The summed E-state index contributed by atoms with van der Waals surface area (Å²) in [6.45, 7) is 2.37. The van der Waals surface area contributed by atoms with E-state index >= 15 is 0 Å². The lowest BCUT2D eigenvalue weighted by molar-refractivity contribution is 0.413. The summed E-state index contributed by atoms with van der Waals surface area (Å²) in [5, 5.41) is 10.8. The Labute approximate surface area is 109 Å². The Morgan fingerprint density at radius 1 is 1.50 bits per heavy atom. The van der Waals surface area contributed by atoms with E-state index in [1.54, 1.807) is 16.7 Å². The van der Waals surface area contributed by atoms with Crippen LogP contribution in [0.5, 0.6) is 5.75 Å². The van der Waals surface area contributed by atoms with E-state index < -0.39 is 0 Å². The van der Waals surface area contributed by atoms with Crippen molar-refractivity contribution in [1.82, 2.24) is 4.57 Å². The van der Waals surface area contributed by atoms with Crippen molar-refractivity contribution in [3.05, 3.63) is 50.1 Å². The van der Waals surface area contributed by atoms with Gasteiger partial charge in [0.25, 0.3) is 0 Å². The molecule has 0 aliphatic carbocycles. The van der Waals surface area contributed by atoms with Crippen LogP contribution >= 0.6 is 11.3 Å². The average Bonchev–Trinajstić information content (AvgIpc) is 2.70. The maximum absolute atomic E-state index is 11.6. The molecule has 0 bridgehead atoms. The molecule has 0 saturated heterocycles. The number of hydrogen-bond acceptors (Lipinski definition) is 4. The summed E-state index contributed by atoms with van der Waals surface area (Å²) in [6.07, 6.45) is 0. The van der Waals surface area contributed by atoms with Gasteiger partial charge in [0, 0.05) is 11.1 Å². The molecule has 5 heteroatoms. The van der Waals surface area contributed by atoms with E-state index in [4.69, 9.17) is 10.00 Å². The number of hydrogen-bond donors (Lipinski definition) is 0. The molecule has 0 spiro atoms. The highest BCUT2D eigenvalue weighted by molar-refractivity contribution is 7.07. The normalized spacial score (nSPS) is 10.1. The topological polar surface area (TPSA) is 55.0 Å². The number of thiazole rings is 1. The number of nitriles is 1. The second kappa shape index (κ2) is 5.07. The zero-order valence-electron chi connectivity index (χ0n) is 10.1. The minimum Gasteiger partial charge on any atom is -0.495 e. The van der Waals surface area contributed by atoms with Gasteiger partial charge < -0.3 is 4.74 Å². The largest absolute Gasteiger partial charge is 0.495 e. The molecule has 0 fully saturated rings. The van der Waals surface area contributed by atoms with Gasteiger partial charge in [0.1, 0.15) is 11.8 Å². The lowest BCUT2D eigenvalue weighted by Gasteiger charge is -2.07. The molecule has 0 aliphatic heterocycles. The Hall–Kier alpha value is -2.06. The molecule has 1 heterocycles. The second-order valence-electron chi connectivity index (χ2n) is 3.88. The van der Waals surface area contributed by atoms with Crippen LogP contribution in [0.4, 0.5) is 0 Å². The van der Waals surface area contributed by atoms with E-state index in [1.165, 1.54) is 18.4 Å². The smallest absolute Gasteiger partial charge is 0.307 e. The van der Waals surface area contributed by atoms with Gasteiger partial charge in [0.2, 0.25) is 0 Å². The van der Waals surface area contributed by atoms with E-state index in [2.05, 4.69) is 6.07 Å². The number of benzene rings is 1.